The van der Waals surface area contributed by atoms with E-state index in [-0.39, 0.29) is 49.4 Å². The quantitative estimate of drug-likeness (QED) is 0.647. The Hall–Kier alpha value is -3.55. The number of furan rings is 1. The van der Waals surface area contributed by atoms with Crippen LogP contribution in [0.1, 0.15) is 28.2 Å². The summed E-state index contributed by atoms with van der Waals surface area (Å²) in [7, 11) is 0. The van der Waals surface area contributed by atoms with Crippen molar-refractivity contribution < 1.29 is 18.4 Å². The van der Waals surface area contributed by atoms with Crippen LogP contribution in [0.3, 0.4) is 0 Å². The predicted molar refractivity (Wildman–Crippen MR) is 98.3 cm³/mol. The van der Waals surface area contributed by atoms with Crippen LogP contribution < -0.4 is 5.32 Å². The molecule has 0 saturated carbocycles. The zero-order chi connectivity index (χ0) is 19.8. The molecule has 3 rings (SSSR count). The van der Waals surface area contributed by atoms with Gasteiger partial charge in [0.1, 0.15) is 17.3 Å². The highest BCUT2D eigenvalue weighted by Gasteiger charge is 2.19. The third-order valence-corrected chi connectivity index (χ3v) is 4.01. The molecule has 2 aromatic heterocycles. The summed E-state index contributed by atoms with van der Waals surface area (Å²) in [5.74, 6) is -0.285. The Labute approximate surface area is 161 Å². The fourth-order valence-corrected chi connectivity index (χ4v) is 2.54. The molecule has 3 aromatic rings. The largest absolute Gasteiger partial charge is 0.467 e. The maximum absolute atomic E-state index is 12.9. The van der Waals surface area contributed by atoms with Gasteiger partial charge >= 0.3 is 0 Å². The molecule has 7 nitrogen and oxygen atoms in total. The predicted octanol–water partition coefficient (Wildman–Crippen LogP) is 2.56. The van der Waals surface area contributed by atoms with Crippen molar-refractivity contribution in [3.63, 3.8) is 0 Å². The van der Waals surface area contributed by atoms with E-state index in [1.165, 1.54) is 41.9 Å². The lowest BCUT2D eigenvalue weighted by Crippen LogP contribution is -2.35. The molecule has 0 radical (unpaired) electrons. The number of carbonyl (C=O) groups excluding carboxylic acids is 2. The van der Waals surface area contributed by atoms with Crippen LogP contribution >= 0.6 is 0 Å². The molecule has 2 heterocycles. The summed E-state index contributed by atoms with van der Waals surface area (Å²) in [6, 6.07) is 9.38. The standard InChI is InChI=1S/C20H19FN4O3/c21-16-5-3-15(4-6-16)12-24-19(26)7-10-25(14-17-2-1-11-28-17)20(27)18-13-22-8-9-23-18/h1-6,8-9,11,13H,7,10,12,14H2,(H,24,26). The van der Waals surface area contributed by atoms with Crippen LogP contribution in [0.15, 0.2) is 65.7 Å². The van der Waals surface area contributed by atoms with E-state index in [1.807, 2.05) is 0 Å². The first-order chi connectivity index (χ1) is 13.6. The minimum atomic E-state index is -0.337. The summed E-state index contributed by atoms with van der Waals surface area (Å²) < 4.78 is 18.2. The van der Waals surface area contributed by atoms with Gasteiger partial charge in [-0.15, -0.1) is 0 Å². The lowest BCUT2D eigenvalue weighted by Gasteiger charge is -2.21. The number of nitrogens with zero attached hydrogens (tertiary/aromatic N) is 3. The van der Waals surface area contributed by atoms with Crippen molar-refractivity contribution in [3.8, 4) is 0 Å². The summed E-state index contributed by atoms with van der Waals surface area (Å²) in [4.78, 5) is 34.3. The van der Waals surface area contributed by atoms with Gasteiger partial charge in [0.25, 0.3) is 5.91 Å². The lowest BCUT2D eigenvalue weighted by atomic mass is 10.2. The number of hydrogen-bond acceptors (Lipinski definition) is 5. The van der Waals surface area contributed by atoms with E-state index in [1.54, 1.807) is 24.3 Å². The first kappa shape index (κ1) is 19.2. The van der Waals surface area contributed by atoms with Crippen molar-refractivity contribution in [1.82, 2.24) is 20.2 Å². The van der Waals surface area contributed by atoms with Gasteiger partial charge in [-0.05, 0) is 29.8 Å². The van der Waals surface area contributed by atoms with Gasteiger partial charge in [0.15, 0.2) is 0 Å². The molecule has 144 valence electrons. The number of hydrogen-bond donors (Lipinski definition) is 1. The van der Waals surface area contributed by atoms with E-state index in [9.17, 15) is 14.0 Å². The summed E-state index contributed by atoms with van der Waals surface area (Å²) >= 11 is 0. The number of carbonyl (C=O) groups is 2. The summed E-state index contributed by atoms with van der Waals surface area (Å²) in [6.45, 7) is 0.689. The number of benzene rings is 1. The first-order valence-corrected chi connectivity index (χ1v) is 8.70. The SMILES string of the molecule is O=C(CCN(Cc1ccco1)C(=O)c1cnccn1)NCc1ccc(F)cc1. The molecule has 0 unspecified atom stereocenters. The Bertz CT molecular complexity index is 899. The smallest absolute Gasteiger partial charge is 0.274 e. The van der Waals surface area contributed by atoms with Crippen LogP contribution in [0.4, 0.5) is 4.39 Å². The van der Waals surface area contributed by atoms with Crippen molar-refractivity contribution in [3.05, 3.63) is 84.1 Å². The molecule has 0 bridgehead atoms. The average molecular weight is 382 g/mol. The van der Waals surface area contributed by atoms with Gasteiger partial charge in [0.2, 0.25) is 5.91 Å². The molecule has 0 aliphatic carbocycles. The molecular formula is C20H19FN4O3. The molecule has 0 fully saturated rings. The van der Waals surface area contributed by atoms with E-state index in [0.717, 1.165) is 5.56 Å². The Morgan fingerprint density at radius 2 is 1.96 bits per heavy atom. The lowest BCUT2D eigenvalue weighted by molar-refractivity contribution is -0.121. The van der Waals surface area contributed by atoms with Gasteiger partial charge < -0.3 is 14.6 Å². The molecule has 0 spiro atoms. The van der Waals surface area contributed by atoms with Gasteiger partial charge in [-0.3, -0.25) is 14.6 Å². The number of halogens is 1. The van der Waals surface area contributed by atoms with Crippen molar-refractivity contribution >= 4 is 11.8 Å². The highest BCUT2D eigenvalue weighted by atomic mass is 19.1. The second kappa shape index (κ2) is 9.40. The van der Waals surface area contributed by atoms with Crippen molar-refractivity contribution in [2.24, 2.45) is 0 Å². The maximum atomic E-state index is 12.9. The normalized spacial score (nSPS) is 10.5. The Morgan fingerprint density at radius 1 is 1.14 bits per heavy atom. The third kappa shape index (κ3) is 5.47. The Morgan fingerprint density at radius 3 is 2.64 bits per heavy atom. The van der Waals surface area contributed by atoms with Crippen molar-refractivity contribution in [2.45, 2.75) is 19.5 Å². The minimum absolute atomic E-state index is 0.105. The van der Waals surface area contributed by atoms with Crippen LogP contribution in [0, 0.1) is 5.82 Å². The summed E-state index contributed by atoms with van der Waals surface area (Å²) in [6.07, 6.45) is 5.93. The monoisotopic (exact) mass is 382 g/mol. The van der Waals surface area contributed by atoms with Gasteiger partial charge in [-0.2, -0.15) is 0 Å². The number of rotatable bonds is 8. The molecule has 0 atom stereocenters. The maximum Gasteiger partial charge on any atom is 0.274 e. The Balaban J connectivity index is 1.58. The molecule has 0 aliphatic rings. The first-order valence-electron chi connectivity index (χ1n) is 8.70. The fraction of sp³-hybridized carbons (Fsp3) is 0.200. The van der Waals surface area contributed by atoms with Crippen LogP contribution in [0.2, 0.25) is 0 Å². The van der Waals surface area contributed by atoms with E-state index in [2.05, 4.69) is 15.3 Å². The average Bonchev–Trinajstić information content (AvgIpc) is 3.24. The van der Waals surface area contributed by atoms with E-state index >= 15 is 0 Å². The minimum Gasteiger partial charge on any atom is -0.467 e. The summed E-state index contributed by atoms with van der Waals surface area (Å²) in [5, 5.41) is 2.76. The molecule has 0 aliphatic heterocycles. The van der Waals surface area contributed by atoms with Crippen LogP contribution in [0.25, 0.3) is 0 Å². The van der Waals surface area contributed by atoms with Crippen LogP contribution in [-0.2, 0) is 17.9 Å². The van der Waals surface area contributed by atoms with Crippen LogP contribution in [-0.4, -0.2) is 33.2 Å². The van der Waals surface area contributed by atoms with Gasteiger partial charge in [-0.25, -0.2) is 9.37 Å². The van der Waals surface area contributed by atoms with Gasteiger partial charge in [0, 0.05) is 31.9 Å². The zero-order valence-electron chi connectivity index (χ0n) is 15.0. The molecule has 28 heavy (non-hydrogen) atoms. The zero-order valence-corrected chi connectivity index (χ0v) is 15.0. The number of nitrogens with one attached hydrogen (secondary N) is 1. The molecule has 0 saturated heterocycles. The highest BCUT2D eigenvalue weighted by molar-refractivity contribution is 5.92. The van der Waals surface area contributed by atoms with E-state index in [4.69, 9.17) is 4.42 Å². The number of aromatic nitrogens is 2. The van der Waals surface area contributed by atoms with E-state index < -0.39 is 0 Å². The second-order valence-corrected chi connectivity index (χ2v) is 6.05. The highest BCUT2D eigenvalue weighted by Crippen LogP contribution is 2.10. The van der Waals surface area contributed by atoms with E-state index in [0.29, 0.717) is 5.76 Å². The Kier molecular flexibility index (Phi) is 6.46. The summed E-state index contributed by atoms with van der Waals surface area (Å²) in [5.41, 5.74) is 0.985. The molecule has 1 aromatic carbocycles. The molecule has 8 heteroatoms. The van der Waals surface area contributed by atoms with Crippen molar-refractivity contribution in [1.29, 1.82) is 0 Å². The second-order valence-electron chi connectivity index (χ2n) is 6.05. The van der Waals surface area contributed by atoms with Crippen molar-refractivity contribution in [2.75, 3.05) is 6.54 Å². The topological polar surface area (TPSA) is 88.3 Å². The number of amides is 2. The molecule has 2 amide bonds. The van der Waals surface area contributed by atoms with Gasteiger partial charge in [-0.1, -0.05) is 12.1 Å². The van der Waals surface area contributed by atoms with Gasteiger partial charge in [0.05, 0.1) is 19.0 Å². The third-order valence-electron chi connectivity index (χ3n) is 4.01. The molecular weight excluding hydrogens is 363 g/mol. The van der Waals surface area contributed by atoms with Crippen LogP contribution in [0.5, 0.6) is 0 Å². The fourth-order valence-electron chi connectivity index (χ4n) is 2.54. The molecule has 1 N–H and O–H groups in total.